The molecule has 0 saturated heterocycles. The van der Waals surface area contributed by atoms with Gasteiger partial charge in [0.05, 0.1) is 17.8 Å². The molecule has 2 saturated carbocycles. The Morgan fingerprint density at radius 3 is 2.04 bits per heavy atom. The highest BCUT2D eigenvalue weighted by Gasteiger charge is 2.74. The first kappa shape index (κ1) is 18.7. The van der Waals surface area contributed by atoms with Gasteiger partial charge in [0.2, 0.25) is 0 Å². The molecule has 5 nitrogen and oxygen atoms in total. The number of esters is 1. The molecule has 2 aliphatic carbocycles. The third-order valence-corrected chi connectivity index (χ3v) is 5.63. The molecule has 0 aromatic heterocycles. The van der Waals surface area contributed by atoms with E-state index < -0.39 is 27.2 Å². The van der Waals surface area contributed by atoms with Crippen LogP contribution in [0.25, 0.3) is 0 Å². The SMILES string of the molecule is CC(C)(C)OC(=O)[C@]1(C)CC(OS(C)(=O)=O)[C@H]2[C@H](C(C)(C)C)[C@H]21. The summed E-state index contributed by atoms with van der Waals surface area (Å²) in [6.45, 7) is 13.8. The first-order chi connectivity index (χ1) is 10.1. The lowest BCUT2D eigenvalue weighted by Gasteiger charge is -2.33. The van der Waals surface area contributed by atoms with Crippen molar-refractivity contribution in [3.8, 4) is 0 Å². The van der Waals surface area contributed by atoms with Crippen LogP contribution in [0.4, 0.5) is 0 Å². The van der Waals surface area contributed by atoms with Crippen molar-refractivity contribution in [1.29, 1.82) is 0 Å². The third kappa shape index (κ3) is 3.73. The molecule has 134 valence electrons. The van der Waals surface area contributed by atoms with Crippen LogP contribution < -0.4 is 0 Å². The molecule has 2 fully saturated rings. The maximum Gasteiger partial charge on any atom is 0.312 e. The minimum Gasteiger partial charge on any atom is -0.460 e. The van der Waals surface area contributed by atoms with E-state index in [9.17, 15) is 13.2 Å². The molecule has 0 aliphatic heterocycles. The van der Waals surface area contributed by atoms with Gasteiger partial charge < -0.3 is 4.74 Å². The molecule has 0 bridgehead atoms. The molecule has 23 heavy (non-hydrogen) atoms. The fourth-order valence-corrected chi connectivity index (χ4v) is 5.01. The smallest absolute Gasteiger partial charge is 0.312 e. The summed E-state index contributed by atoms with van der Waals surface area (Å²) in [5.41, 5.74) is -1.25. The van der Waals surface area contributed by atoms with E-state index in [1.165, 1.54) is 0 Å². The van der Waals surface area contributed by atoms with Crippen LogP contribution in [-0.4, -0.2) is 32.3 Å². The van der Waals surface area contributed by atoms with E-state index in [0.29, 0.717) is 6.42 Å². The summed E-state index contributed by atoms with van der Waals surface area (Å²) in [7, 11) is -3.55. The van der Waals surface area contributed by atoms with Crippen molar-refractivity contribution in [2.75, 3.05) is 6.26 Å². The number of rotatable bonds is 3. The average Bonchev–Trinajstić information content (AvgIpc) is 2.92. The molecule has 0 aromatic carbocycles. The minimum absolute atomic E-state index is 0.00185. The molecule has 0 radical (unpaired) electrons. The van der Waals surface area contributed by atoms with Crippen LogP contribution in [0, 0.1) is 28.6 Å². The Hall–Kier alpha value is -0.620. The van der Waals surface area contributed by atoms with Crippen LogP contribution in [0.3, 0.4) is 0 Å². The Labute approximate surface area is 140 Å². The molecule has 0 heterocycles. The van der Waals surface area contributed by atoms with Crippen molar-refractivity contribution in [1.82, 2.24) is 0 Å². The van der Waals surface area contributed by atoms with E-state index in [0.717, 1.165) is 6.26 Å². The van der Waals surface area contributed by atoms with Crippen LogP contribution in [0.2, 0.25) is 0 Å². The largest absolute Gasteiger partial charge is 0.460 e. The summed E-state index contributed by atoms with van der Waals surface area (Å²) in [4.78, 5) is 12.8. The van der Waals surface area contributed by atoms with Gasteiger partial charge in [0.1, 0.15) is 5.60 Å². The van der Waals surface area contributed by atoms with Crippen LogP contribution in [0.5, 0.6) is 0 Å². The van der Waals surface area contributed by atoms with E-state index in [4.69, 9.17) is 8.92 Å². The van der Waals surface area contributed by atoms with Gasteiger partial charge >= 0.3 is 5.97 Å². The molecule has 0 spiro atoms. The molecule has 2 rings (SSSR count). The van der Waals surface area contributed by atoms with Gasteiger partial charge in [-0.25, -0.2) is 0 Å². The third-order valence-electron chi connectivity index (χ3n) is 5.03. The highest BCUT2D eigenvalue weighted by Crippen LogP contribution is 2.72. The number of hydrogen-bond acceptors (Lipinski definition) is 5. The Bertz CT molecular complexity index is 595. The van der Waals surface area contributed by atoms with Crippen molar-refractivity contribution < 1.29 is 22.1 Å². The van der Waals surface area contributed by atoms with E-state index in [2.05, 4.69) is 20.8 Å². The van der Waals surface area contributed by atoms with Gasteiger partial charge in [0, 0.05) is 0 Å². The van der Waals surface area contributed by atoms with Gasteiger partial charge in [-0.15, -0.1) is 0 Å². The summed E-state index contributed by atoms with van der Waals surface area (Å²) < 4.78 is 34.1. The van der Waals surface area contributed by atoms with E-state index >= 15 is 0 Å². The van der Waals surface area contributed by atoms with Gasteiger partial charge in [0.15, 0.2) is 0 Å². The number of carbonyl (C=O) groups excluding carboxylic acids is 1. The molecule has 2 aliphatic rings. The van der Waals surface area contributed by atoms with Crippen molar-refractivity contribution >= 4 is 16.1 Å². The molecule has 0 aromatic rings. The fourth-order valence-electron chi connectivity index (χ4n) is 4.36. The van der Waals surface area contributed by atoms with Crippen molar-refractivity contribution in [3.05, 3.63) is 0 Å². The van der Waals surface area contributed by atoms with Gasteiger partial charge in [-0.2, -0.15) is 8.42 Å². The second kappa shape index (κ2) is 5.19. The predicted octanol–water partition coefficient (Wildman–Crippen LogP) is 2.99. The zero-order valence-corrected chi connectivity index (χ0v) is 16.3. The predicted molar refractivity (Wildman–Crippen MR) is 88.2 cm³/mol. The second-order valence-corrected chi connectivity index (χ2v) is 11.1. The topological polar surface area (TPSA) is 69.7 Å². The number of ether oxygens (including phenoxy) is 1. The zero-order chi connectivity index (χ0) is 18.0. The Morgan fingerprint density at radius 1 is 1.13 bits per heavy atom. The number of hydrogen-bond donors (Lipinski definition) is 0. The van der Waals surface area contributed by atoms with E-state index in [-0.39, 0.29) is 29.1 Å². The van der Waals surface area contributed by atoms with Gasteiger partial charge in [-0.05, 0) is 57.3 Å². The summed E-state index contributed by atoms with van der Waals surface area (Å²) in [5, 5.41) is 0. The summed E-state index contributed by atoms with van der Waals surface area (Å²) in [6, 6.07) is 0. The maximum absolute atomic E-state index is 12.8. The van der Waals surface area contributed by atoms with Gasteiger partial charge in [0.25, 0.3) is 10.1 Å². The standard InChI is InChI=1S/C17H30O5S/c1-15(2,3)12-11-10(22-23(8,19)20)9-17(7,13(11)12)14(18)21-16(4,5)6/h10-13H,9H2,1-8H3/t10?,11-,12-,13-,17+/m0/s1. The van der Waals surface area contributed by atoms with E-state index in [1.807, 2.05) is 27.7 Å². The van der Waals surface area contributed by atoms with Crippen LogP contribution in [-0.2, 0) is 23.8 Å². The van der Waals surface area contributed by atoms with Crippen LogP contribution in [0.15, 0.2) is 0 Å². The van der Waals surface area contributed by atoms with Crippen molar-refractivity contribution in [2.24, 2.45) is 28.6 Å². The molecular formula is C17H30O5S. The van der Waals surface area contributed by atoms with Crippen LogP contribution in [0.1, 0.15) is 54.9 Å². The molecule has 6 heteroatoms. The first-order valence-corrected chi connectivity index (χ1v) is 10.00. The molecule has 5 atom stereocenters. The Balaban J connectivity index is 2.29. The minimum atomic E-state index is -3.55. The van der Waals surface area contributed by atoms with Gasteiger partial charge in [-0.1, -0.05) is 20.8 Å². The molecule has 0 N–H and O–H groups in total. The lowest BCUT2D eigenvalue weighted by Crippen LogP contribution is -2.39. The number of carbonyl (C=O) groups is 1. The average molecular weight is 346 g/mol. The van der Waals surface area contributed by atoms with Crippen LogP contribution >= 0.6 is 0 Å². The summed E-state index contributed by atoms with van der Waals surface area (Å²) in [5.74, 6) is 0.234. The number of fused-ring (bicyclic) bond motifs is 1. The second-order valence-electron chi connectivity index (χ2n) is 9.46. The summed E-state index contributed by atoms with van der Waals surface area (Å²) >= 11 is 0. The summed E-state index contributed by atoms with van der Waals surface area (Å²) in [6.07, 6.45) is 1.04. The lowest BCUT2D eigenvalue weighted by molar-refractivity contribution is -0.168. The highest BCUT2D eigenvalue weighted by atomic mass is 32.2. The Kier molecular flexibility index (Phi) is 4.22. The Morgan fingerprint density at radius 2 is 1.65 bits per heavy atom. The first-order valence-electron chi connectivity index (χ1n) is 8.18. The highest BCUT2D eigenvalue weighted by molar-refractivity contribution is 7.86. The molecule has 0 amide bonds. The monoisotopic (exact) mass is 346 g/mol. The van der Waals surface area contributed by atoms with Crippen molar-refractivity contribution in [3.63, 3.8) is 0 Å². The quantitative estimate of drug-likeness (QED) is 0.580. The maximum atomic E-state index is 12.8. The zero-order valence-electron chi connectivity index (χ0n) is 15.5. The fraction of sp³-hybridized carbons (Fsp3) is 0.941. The van der Waals surface area contributed by atoms with Crippen molar-refractivity contribution in [2.45, 2.75) is 66.6 Å². The normalized spacial score (nSPS) is 37.4. The van der Waals surface area contributed by atoms with Gasteiger partial charge in [-0.3, -0.25) is 8.98 Å². The molecule has 1 unspecified atom stereocenters. The molecular weight excluding hydrogens is 316 g/mol. The lowest BCUT2D eigenvalue weighted by atomic mass is 9.76. The van der Waals surface area contributed by atoms with E-state index in [1.54, 1.807) is 0 Å².